The molecule has 0 bridgehead atoms. The van der Waals surface area contributed by atoms with Crippen molar-refractivity contribution >= 4 is 0 Å². The van der Waals surface area contributed by atoms with Gasteiger partial charge in [-0.25, -0.2) is 4.39 Å². The second-order valence-electron chi connectivity index (χ2n) is 3.67. The minimum Gasteiger partial charge on any atom is -0.370 e. The fourth-order valence-corrected chi connectivity index (χ4v) is 1.77. The van der Waals surface area contributed by atoms with E-state index in [1.54, 1.807) is 12.1 Å². The third-order valence-corrected chi connectivity index (χ3v) is 2.54. The van der Waals surface area contributed by atoms with Crippen LogP contribution in [0.2, 0.25) is 0 Å². The van der Waals surface area contributed by atoms with Crippen LogP contribution in [0, 0.1) is 5.82 Å². The van der Waals surface area contributed by atoms with Gasteiger partial charge in [-0.1, -0.05) is 12.1 Å². The Morgan fingerprint density at radius 2 is 2.07 bits per heavy atom. The maximum atomic E-state index is 12.9. The second kappa shape index (κ2) is 4.53. The molecule has 0 saturated carbocycles. The standard InChI is InChI=1S/C11H14FNO/c12-11-3-1-2-10(8-11)9-13-4-6-14-7-5-13/h1-3,8H,4-7,9H2/p+1. The quantitative estimate of drug-likeness (QED) is 0.715. The monoisotopic (exact) mass is 196 g/mol. The molecule has 1 aliphatic heterocycles. The Labute approximate surface area is 83.3 Å². The molecule has 0 spiro atoms. The van der Waals surface area contributed by atoms with Gasteiger partial charge in [0.2, 0.25) is 0 Å². The first-order chi connectivity index (χ1) is 6.84. The molecule has 76 valence electrons. The number of halogens is 1. The highest BCUT2D eigenvalue weighted by atomic mass is 19.1. The van der Waals surface area contributed by atoms with Crippen LogP contribution in [0.15, 0.2) is 24.3 Å². The number of hydrogen-bond donors (Lipinski definition) is 1. The minimum atomic E-state index is -0.143. The molecule has 1 aliphatic rings. The summed E-state index contributed by atoms with van der Waals surface area (Å²) < 4.78 is 18.2. The molecular formula is C11H15FNO+. The van der Waals surface area contributed by atoms with Crippen LogP contribution in [0.25, 0.3) is 0 Å². The van der Waals surface area contributed by atoms with Gasteiger partial charge in [-0.15, -0.1) is 0 Å². The van der Waals surface area contributed by atoms with E-state index in [1.165, 1.54) is 11.0 Å². The van der Waals surface area contributed by atoms with E-state index in [1.807, 2.05) is 6.07 Å². The zero-order valence-electron chi connectivity index (χ0n) is 8.13. The van der Waals surface area contributed by atoms with E-state index in [2.05, 4.69) is 0 Å². The van der Waals surface area contributed by atoms with Crippen molar-refractivity contribution in [1.29, 1.82) is 0 Å². The molecule has 0 unspecified atom stereocenters. The van der Waals surface area contributed by atoms with Crippen LogP contribution in [0.5, 0.6) is 0 Å². The van der Waals surface area contributed by atoms with E-state index in [0.717, 1.165) is 38.4 Å². The lowest BCUT2D eigenvalue weighted by Crippen LogP contribution is -3.12. The zero-order chi connectivity index (χ0) is 9.80. The first kappa shape index (κ1) is 9.62. The van der Waals surface area contributed by atoms with Gasteiger partial charge in [0.05, 0.1) is 13.2 Å². The van der Waals surface area contributed by atoms with Crippen molar-refractivity contribution in [2.45, 2.75) is 6.54 Å². The highest BCUT2D eigenvalue weighted by Crippen LogP contribution is 2.01. The molecular weight excluding hydrogens is 181 g/mol. The van der Waals surface area contributed by atoms with E-state index in [-0.39, 0.29) is 5.82 Å². The molecule has 3 heteroatoms. The summed E-state index contributed by atoms with van der Waals surface area (Å²) in [7, 11) is 0. The summed E-state index contributed by atoms with van der Waals surface area (Å²) in [6.45, 7) is 4.60. The van der Waals surface area contributed by atoms with Crippen molar-refractivity contribution in [3.63, 3.8) is 0 Å². The first-order valence-corrected chi connectivity index (χ1v) is 5.00. The van der Waals surface area contributed by atoms with E-state index >= 15 is 0 Å². The van der Waals surface area contributed by atoms with Crippen molar-refractivity contribution in [3.8, 4) is 0 Å². The van der Waals surface area contributed by atoms with Crippen LogP contribution in [-0.2, 0) is 11.3 Å². The highest BCUT2D eigenvalue weighted by Gasteiger charge is 2.13. The Balaban J connectivity index is 1.95. The largest absolute Gasteiger partial charge is 0.370 e. The molecule has 14 heavy (non-hydrogen) atoms. The number of ether oxygens (including phenoxy) is 1. The number of benzene rings is 1. The van der Waals surface area contributed by atoms with Crippen LogP contribution in [-0.4, -0.2) is 26.3 Å². The normalized spacial score (nSPS) is 18.4. The topological polar surface area (TPSA) is 13.7 Å². The lowest BCUT2D eigenvalue weighted by Gasteiger charge is -2.23. The summed E-state index contributed by atoms with van der Waals surface area (Å²) in [6, 6.07) is 6.84. The average Bonchev–Trinajstić information content (AvgIpc) is 2.19. The Hall–Kier alpha value is -0.930. The molecule has 2 nitrogen and oxygen atoms in total. The van der Waals surface area contributed by atoms with Crippen LogP contribution >= 0.6 is 0 Å². The second-order valence-corrected chi connectivity index (χ2v) is 3.67. The van der Waals surface area contributed by atoms with E-state index in [9.17, 15) is 4.39 Å². The van der Waals surface area contributed by atoms with E-state index in [0.29, 0.717) is 0 Å². The van der Waals surface area contributed by atoms with Gasteiger partial charge < -0.3 is 9.64 Å². The van der Waals surface area contributed by atoms with Gasteiger partial charge in [0.15, 0.2) is 0 Å². The molecule has 1 saturated heterocycles. The number of morpholine rings is 1. The molecule has 1 fully saturated rings. The van der Waals surface area contributed by atoms with Crippen molar-refractivity contribution in [1.82, 2.24) is 0 Å². The lowest BCUT2D eigenvalue weighted by molar-refractivity contribution is -0.921. The Bertz CT molecular complexity index is 297. The first-order valence-electron chi connectivity index (χ1n) is 5.00. The molecule has 1 N–H and O–H groups in total. The fourth-order valence-electron chi connectivity index (χ4n) is 1.77. The molecule has 2 rings (SSSR count). The smallest absolute Gasteiger partial charge is 0.123 e. The maximum Gasteiger partial charge on any atom is 0.123 e. The van der Waals surface area contributed by atoms with Crippen molar-refractivity contribution in [2.75, 3.05) is 26.3 Å². The predicted molar refractivity (Wildman–Crippen MR) is 51.6 cm³/mol. The molecule has 0 aliphatic carbocycles. The fraction of sp³-hybridized carbons (Fsp3) is 0.455. The summed E-state index contributed by atoms with van der Waals surface area (Å²) in [4.78, 5) is 1.47. The summed E-state index contributed by atoms with van der Waals surface area (Å²) >= 11 is 0. The Kier molecular flexibility index (Phi) is 3.11. The van der Waals surface area contributed by atoms with Gasteiger partial charge in [0.1, 0.15) is 25.5 Å². The van der Waals surface area contributed by atoms with Crippen molar-refractivity contribution < 1.29 is 14.0 Å². The molecule has 0 radical (unpaired) electrons. The molecule has 0 aromatic heterocycles. The predicted octanol–water partition coefficient (Wildman–Crippen LogP) is 0.241. The molecule has 0 amide bonds. The lowest BCUT2D eigenvalue weighted by atomic mass is 10.2. The van der Waals surface area contributed by atoms with E-state index < -0.39 is 0 Å². The van der Waals surface area contributed by atoms with Crippen LogP contribution in [0.3, 0.4) is 0 Å². The zero-order valence-corrected chi connectivity index (χ0v) is 8.13. The van der Waals surface area contributed by atoms with Gasteiger partial charge in [-0.2, -0.15) is 0 Å². The summed E-state index contributed by atoms with van der Waals surface area (Å²) in [5.41, 5.74) is 1.07. The SMILES string of the molecule is Fc1cccc(C[NH+]2CCOCC2)c1. The Morgan fingerprint density at radius 1 is 1.29 bits per heavy atom. The summed E-state index contributed by atoms with van der Waals surface area (Å²) in [6.07, 6.45) is 0. The molecule has 1 heterocycles. The van der Waals surface area contributed by atoms with Crippen LogP contribution in [0.1, 0.15) is 5.56 Å². The minimum absolute atomic E-state index is 0.143. The van der Waals surface area contributed by atoms with Gasteiger partial charge in [-0.3, -0.25) is 0 Å². The maximum absolute atomic E-state index is 12.9. The summed E-state index contributed by atoms with van der Waals surface area (Å²) in [5, 5.41) is 0. The van der Waals surface area contributed by atoms with Crippen molar-refractivity contribution in [2.24, 2.45) is 0 Å². The molecule has 0 atom stereocenters. The third kappa shape index (κ3) is 2.53. The Morgan fingerprint density at radius 3 is 2.79 bits per heavy atom. The van der Waals surface area contributed by atoms with Crippen LogP contribution < -0.4 is 4.90 Å². The average molecular weight is 196 g/mol. The van der Waals surface area contributed by atoms with Gasteiger partial charge >= 0.3 is 0 Å². The number of hydrogen-bond acceptors (Lipinski definition) is 1. The van der Waals surface area contributed by atoms with Gasteiger partial charge in [0, 0.05) is 5.56 Å². The third-order valence-electron chi connectivity index (χ3n) is 2.54. The summed E-state index contributed by atoms with van der Waals surface area (Å²) in [5.74, 6) is -0.143. The van der Waals surface area contributed by atoms with Gasteiger partial charge in [0.25, 0.3) is 0 Å². The van der Waals surface area contributed by atoms with E-state index in [4.69, 9.17) is 4.74 Å². The van der Waals surface area contributed by atoms with Crippen LogP contribution in [0.4, 0.5) is 4.39 Å². The molecule has 1 aromatic rings. The number of rotatable bonds is 2. The highest BCUT2D eigenvalue weighted by molar-refractivity contribution is 5.14. The van der Waals surface area contributed by atoms with Crippen molar-refractivity contribution in [3.05, 3.63) is 35.6 Å². The van der Waals surface area contributed by atoms with Gasteiger partial charge in [-0.05, 0) is 12.1 Å². The number of nitrogens with one attached hydrogen (secondary N) is 1. The number of quaternary nitrogens is 1. The molecule has 1 aromatic carbocycles.